The molecule has 120 valence electrons. The molecule has 0 radical (unpaired) electrons. The molecule has 0 saturated heterocycles. The summed E-state index contributed by atoms with van der Waals surface area (Å²) in [5.41, 5.74) is 0.256. The summed E-state index contributed by atoms with van der Waals surface area (Å²) in [4.78, 5) is 23.6. The fraction of sp³-hybridized carbons (Fsp3) is 0.333. The van der Waals surface area contributed by atoms with Crippen LogP contribution in [-0.2, 0) is 19.1 Å². The van der Waals surface area contributed by atoms with Crippen molar-refractivity contribution in [2.75, 3.05) is 25.6 Å². The predicted octanol–water partition coefficient (Wildman–Crippen LogP) is 2.77. The van der Waals surface area contributed by atoms with Gasteiger partial charge in [0.1, 0.15) is 0 Å². The van der Waals surface area contributed by atoms with E-state index in [4.69, 9.17) is 25.8 Å². The lowest BCUT2D eigenvalue weighted by atomic mass is 10.2. The lowest BCUT2D eigenvalue weighted by Gasteiger charge is -2.11. The maximum absolute atomic E-state index is 11.8. The Morgan fingerprint density at radius 2 is 1.77 bits per heavy atom. The van der Waals surface area contributed by atoms with Gasteiger partial charge in [-0.2, -0.15) is 0 Å². The Hall–Kier alpha value is -2.21. The van der Waals surface area contributed by atoms with E-state index >= 15 is 0 Å². The zero-order valence-electron chi connectivity index (χ0n) is 12.6. The van der Waals surface area contributed by atoms with Gasteiger partial charge >= 0.3 is 11.9 Å². The molecule has 0 atom stereocenters. The van der Waals surface area contributed by atoms with Gasteiger partial charge in [0.2, 0.25) is 0 Å². The van der Waals surface area contributed by atoms with Crippen molar-refractivity contribution in [3.63, 3.8) is 0 Å². The van der Waals surface area contributed by atoms with E-state index in [2.05, 4.69) is 5.32 Å². The molecular formula is C15H18ClNO5. The molecule has 0 aliphatic carbocycles. The summed E-state index contributed by atoms with van der Waals surface area (Å²) in [7, 11) is 1.47. The van der Waals surface area contributed by atoms with Crippen LogP contribution in [0.4, 0.5) is 5.69 Å². The minimum atomic E-state index is -0.769. The fourth-order valence-electron chi connectivity index (χ4n) is 1.60. The molecule has 1 aromatic rings. The van der Waals surface area contributed by atoms with Crippen LogP contribution in [0, 0.1) is 0 Å². The number of carbonyl (C=O) groups excluding carboxylic acids is 2. The molecule has 6 nitrogen and oxygen atoms in total. The SMILES string of the molecule is CCOC(=O)C(=CNc1cccc(Cl)c1OC)C(=O)OCC. The number of hydrogen-bond donors (Lipinski definition) is 1. The number of anilines is 1. The Labute approximate surface area is 134 Å². The maximum atomic E-state index is 11.8. The number of halogens is 1. The van der Waals surface area contributed by atoms with Gasteiger partial charge in [-0.05, 0) is 26.0 Å². The summed E-state index contributed by atoms with van der Waals surface area (Å²) >= 11 is 6.00. The van der Waals surface area contributed by atoms with Gasteiger partial charge in [0, 0.05) is 6.20 Å². The van der Waals surface area contributed by atoms with Crippen LogP contribution >= 0.6 is 11.6 Å². The molecule has 1 N–H and O–H groups in total. The quantitative estimate of drug-likeness (QED) is 0.359. The van der Waals surface area contributed by atoms with Crippen LogP contribution in [0.5, 0.6) is 5.75 Å². The van der Waals surface area contributed by atoms with Crippen molar-refractivity contribution in [1.29, 1.82) is 0 Å². The van der Waals surface area contributed by atoms with Crippen molar-refractivity contribution in [2.45, 2.75) is 13.8 Å². The van der Waals surface area contributed by atoms with Gasteiger partial charge in [0.05, 0.1) is 31.0 Å². The molecule has 0 heterocycles. The second-order valence-corrected chi connectivity index (χ2v) is 4.37. The molecule has 0 aliphatic rings. The fourth-order valence-corrected chi connectivity index (χ4v) is 1.85. The van der Waals surface area contributed by atoms with Crippen molar-refractivity contribution in [1.82, 2.24) is 0 Å². The van der Waals surface area contributed by atoms with E-state index in [1.54, 1.807) is 32.0 Å². The number of nitrogens with one attached hydrogen (secondary N) is 1. The highest BCUT2D eigenvalue weighted by Crippen LogP contribution is 2.32. The molecule has 1 rings (SSSR count). The van der Waals surface area contributed by atoms with Crippen LogP contribution in [0.25, 0.3) is 0 Å². The van der Waals surface area contributed by atoms with Crippen molar-refractivity contribution >= 4 is 29.2 Å². The Bertz CT molecular complexity index is 551. The zero-order chi connectivity index (χ0) is 16.5. The summed E-state index contributed by atoms with van der Waals surface area (Å²) in [6.07, 6.45) is 1.21. The monoisotopic (exact) mass is 327 g/mol. The first kappa shape index (κ1) is 17.8. The first-order valence-corrected chi connectivity index (χ1v) is 7.06. The molecule has 0 aliphatic heterocycles. The van der Waals surface area contributed by atoms with E-state index in [9.17, 15) is 9.59 Å². The molecule has 0 aromatic heterocycles. The van der Waals surface area contributed by atoms with Gasteiger partial charge in [-0.1, -0.05) is 17.7 Å². The molecule has 0 amide bonds. The largest absolute Gasteiger partial charge is 0.493 e. The molecule has 0 unspecified atom stereocenters. The van der Waals surface area contributed by atoms with Gasteiger partial charge < -0.3 is 19.5 Å². The van der Waals surface area contributed by atoms with Crippen molar-refractivity contribution in [2.24, 2.45) is 0 Å². The van der Waals surface area contributed by atoms with Crippen LogP contribution in [0.15, 0.2) is 30.0 Å². The minimum absolute atomic E-state index is 0.149. The second-order valence-electron chi connectivity index (χ2n) is 3.96. The van der Waals surface area contributed by atoms with Crippen LogP contribution in [0.2, 0.25) is 5.02 Å². The van der Waals surface area contributed by atoms with Gasteiger partial charge in [-0.15, -0.1) is 0 Å². The first-order chi connectivity index (χ1) is 10.5. The first-order valence-electron chi connectivity index (χ1n) is 6.68. The lowest BCUT2D eigenvalue weighted by molar-refractivity contribution is -0.146. The summed E-state index contributed by atoms with van der Waals surface area (Å²) < 4.78 is 14.8. The van der Waals surface area contributed by atoms with E-state index in [1.165, 1.54) is 13.3 Å². The van der Waals surface area contributed by atoms with Crippen LogP contribution in [0.1, 0.15) is 13.8 Å². The molecule has 0 fully saturated rings. The number of methoxy groups -OCH3 is 1. The highest BCUT2D eigenvalue weighted by atomic mass is 35.5. The Morgan fingerprint density at radius 3 is 2.27 bits per heavy atom. The minimum Gasteiger partial charge on any atom is -0.493 e. The molecule has 0 spiro atoms. The maximum Gasteiger partial charge on any atom is 0.347 e. The standard InChI is InChI=1S/C15H18ClNO5/c1-4-21-14(18)10(15(19)22-5-2)9-17-12-8-6-7-11(16)13(12)20-3/h6-9,17H,4-5H2,1-3H3. The van der Waals surface area contributed by atoms with E-state index in [0.29, 0.717) is 16.5 Å². The molecule has 22 heavy (non-hydrogen) atoms. The van der Waals surface area contributed by atoms with E-state index in [-0.39, 0.29) is 18.8 Å². The van der Waals surface area contributed by atoms with Crippen LogP contribution < -0.4 is 10.1 Å². The van der Waals surface area contributed by atoms with Gasteiger partial charge in [0.25, 0.3) is 0 Å². The summed E-state index contributed by atoms with van der Waals surface area (Å²) in [5, 5.41) is 3.21. The van der Waals surface area contributed by atoms with Crippen LogP contribution in [-0.4, -0.2) is 32.3 Å². The second kappa shape index (κ2) is 8.94. The zero-order valence-corrected chi connectivity index (χ0v) is 13.4. The molecule has 0 saturated carbocycles. The smallest absolute Gasteiger partial charge is 0.347 e. The third-order valence-electron chi connectivity index (χ3n) is 2.53. The molecule has 0 bridgehead atoms. The number of carbonyl (C=O) groups is 2. The van der Waals surface area contributed by atoms with Gasteiger partial charge in [-0.3, -0.25) is 0 Å². The van der Waals surface area contributed by atoms with Crippen LogP contribution in [0.3, 0.4) is 0 Å². The topological polar surface area (TPSA) is 73.9 Å². The van der Waals surface area contributed by atoms with Crippen molar-refractivity contribution in [3.05, 3.63) is 35.0 Å². The molecular weight excluding hydrogens is 310 g/mol. The normalized spacial score (nSPS) is 9.64. The third-order valence-corrected chi connectivity index (χ3v) is 2.83. The molecule has 7 heteroatoms. The highest BCUT2D eigenvalue weighted by molar-refractivity contribution is 6.32. The van der Waals surface area contributed by atoms with Crippen molar-refractivity contribution in [3.8, 4) is 5.75 Å². The average molecular weight is 328 g/mol. The summed E-state index contributed by atoms with van der Waals surface area (Å²) in [6, 6.07) is 5.05. The predicted molar refractivity (Wildman–Crippen MR) is 83.0 cm³/mol. The molecule has 1 aromatic carbocycles. The number of esters is 2. The number of hydrogen-bond acceptors (Lipinski definition) is 6. The van der Waals surface area contributed by atoms with E-state index in [1.807, 2.05) is 0 Å². The van der Waals surface area contributed by atoms with Gasteiger partial charge in [0.15, 0.2) is 11.3 Å². The Kier molecular flexibility index (Phi) is 7.25. The van der Waals surface area contributed by atoms with Gasteiger partial charge in [-0.25, -0.2) is 9.59 Å². The van der Waals surface area contributed by atoms with E-state index < -0.39 is 11.9 Å². The Balaban J connectivity index is 3.05. The summed E-state index contributed by atoms with van der Waals surface area (Å²) in [6.45, 7) is 3.59. The summed E-state index contributed by atoms with van der Waals surface area (Å²) in [5.74, 6) is -1.14. The number of ether oxygens (including phenoxy) is 3. The lowest BCUT2D eigenvalue weighted by Crippen LogP contribution is -2.19. The number of para-hydroxylation sites is 1. The van der Waals surface area contributed by atoms with E-state index in [0.717, 1.165) is 0 Å². The highest BCUT2D eigenvalue weighted by Gasteiger charge is 2.21. The average Bonchev–Trinajstić information content (AvgIpc) is 2.48. The third kappa shape index (κ3) is 4.66. The van der Waals surface area contributed by atoms with Crippen molar-refractivity contribution < 1.29 is 23.8 Å². The number of benzene rings is 1. The number of rotatable bonds is 7. The Morgan fingerprint density at radius 1 is 1.18 bits per heavy atom.